The minimum atomic E-state index is 0.767. The van der Waals surface area contributed by atoms with Crippen molar-refractivity contribution in [2.75, 3.05) is 32.0 Å². The molecular weight excluding hydrogens is 176 g/mol. The maximum absolute atomic E-state index is 4.05. The van der Waals surface area contributed by atoms with E-state index in [-0.39, 0.29) is 0 Å². The van der Waals surface area contributed by atoms with Crippen molar-refractivity contribution in [2.45, 2.75) is 6.92 Å². The van der Waals surface area contributed by atoms with Gasteiger partial charge in [0.15, 0.2) is 0 Å². The Hall–Kier alpha value is -1.16. The summed E-state index contributed by atoms with van der Waals surface area (Å²) in [6.07, 6.45) is 0. The van der Waals surface area contributed by atoms with Crippen LogP contribution in [0.3, 0.4) is 0 Å². The summed E-state index contributed by atoms with van der Waals surface area (Å²) in [5.74, 6) is 1.65. The van der Waals surface area contributed by atoms with Crippen molar-refractivity contribution in [1.82, 2.24) is 15.1 Å². The van der Waals surface area contributed by atoms with Crippen LogP contribution < -0.4 is 5.32 Å². The lowest BCUT2D eigenvalue weighted by Gasteiger charge is -2.36. The van der Waals surface area contributed by atoms with Gasteiger partial charge < -0.3 is 10.2 Å². The lowest BCUT2D eigenvalue weighted by molar-refractivity contribution is 0.144. The zero-order valence-corrected chi connectivity index (χ0v) is 8.70. The minimum absolute atomic E-state index is 0.767. The molecule has 4 nitrogen and oxygen atoms in total. The van der Waals surface area contributed by atoms with Gasteiger partial charge in [0.1, 0.15) is 5.82 Å². The Morgan fingerprint density at radius 3 is 2.79 bits per heavy atom. The Labute approximate surface area is 84.3 Å². The molecule has 0 atom stereocenters. The third kappa shape index (κ3) is 2.20. The first-order valence-electron chi connectivity index (χ1n) is 4.97. The second-order valence-electron chi connectivity index (χ2n) is 4.03. The second-order valence-corrected chi connectivity index (χ2v) is 4.03. The zero-order chi connectivity index (χ0) is 9.97. The lowest BCUT2D eigenvalue weighted by atomic mass is 10.0. The van der Waals surface area contributed by atoms with Crippen LogP contribution in [0.2, 0.25) is 0 Å². The Morgan fingerprint density at radius 1 is 1.43 bits per heavy atom. The number of anilines is 1. The summed E-state index contributed by atoms with van der Waals surface area (Å²) in [5.41, 5.74) is 0.957. The number of hydrogen-bond donors (Lipinski definition) is 1. The molecule has 1 fully saturated rings. The Bertz CT molecular complexity index is 289. The van der Waals surface area contributed by atoms with E-state index in [9.17, 15) is 0 Å². The van der Waals surface area contributed by atoms with Crippen LogP contribution >= 0.6 is 0 Å². The van der Waals surface area contributed by atoms with Crippen LogP contribution in [0.25, 0.3) is 0 Å². The Kier molecular flexibility index (Phi) is 2.63. The summed E-state index contributed by atoms with van der Waals surface area (Å²) in [6, 6.07) is 3.95. The molecular formula is C10H16N4. The van der Waals surface area contributed by atoms with E-state index < -0.39 is 0 Å². The van der Waals surface area contributed by atoms with Crippen LogP contribution in [0, 0.1) is 12.8 Å². The molecule has 4 heteroatoms. The molecule has 1 aliphatic rings. The summed E-state index contributed by atoms with van der Waals surface area (Å²) >= 11 is 0. The molecule has 1 aliphatic heterocycles. The predicted molar refractivity (Wildman–Crippen MR) is 56.2 cm³/mol. The molecule has 0 bridgehead atoms. The molecule has 0 aliphatic carbocycles. The SMILES string of the molecule is Cc1ccc(NCC2CN(C)C2)nn1. The smallest absolute Gasteiger partial charge is 0.148 e. The summed E-state index contributed by atoms with van der Waals surface area (Å²) in [7, 11) is 2.14. The number of aromatic nitrogens is 2. The average Bonchev–Trinajstić information content (AvgIpc) is 2.13. The quantitative estimate of drug-likeness (QED) is 0.767. The van der Waals surface area contributed by atoms with E-state index in [4.69, 9.17) is 0 Å². The van der Waals surface area contributed by atoms with Gasteiger partial charge in [0.25, 0.3) is 0 Å². The molecule has 0 aromatic carbocycles. The molecule has 0 spiro atoms. The maximum Gasteiger partial charge on any atom is 0.148 e. The van der Waals surface area contributed by atoms with Crippen LogP contribution in [-0.2, 0) is 0 Å². The highest BCUT2D eigenvalue weighted by atomic mass is 15.2. The van der Waals surface area contributed by atoms with E-state index >= 15 is 0 Å². The first-order valence-corrected chi connectivity index (χ1v) is 4.97. The van der Waals surface area contributed by atoms with Crippen molar-refractivity contribution in [1.29, 1.82) is 0 Å². The molecule has 76 valence electrons. The molecule has 1 aromatic heterocycles. The first kappa shape index (κ1) is 9.40. The third-order valence-electron chi connectivity index (χ3n) is 2.51. The third-order valence-corrected chi connectivity index (χ3v) is 2.51. The fourth-order valence-electron chi connectivity index (χ4n) is 1.70. The summed E-state index contributed by atoms with van der Waals surface area (Å²) < 4.78 is 0. The number of hydrogen-bond acceptors (Lipinski definition) is 4. The van der Waals surface area contributed by atoms with E-state index in [1.807, 2.05) is 19.1 Å². The zero-order valence-electron chi connectivity index (χ0n) is 8.70. The standard InChI is InChI=1S/C10H16N4/c1-8-3-4-10(13-12-8)11-5-9-6-14(2)7-9/h3-4,9H,5-7H2,1-2H3,(H,11,13). The van der Waals surface area contributed by atoms with E-state index in [1.165, 1.54) is 13.1 Å². The fraction of sp³-hybridized carbons (Fsp3) is 0.600. The van der Waals surface area contributed by atoms with Gasteiger partial charge in [-0.25, -0.2) is 0 Å². The average molecular weight is 192 g/mol. The van der Waals surface area contributed by atoms with Gasteiger partial charge in [0.2, 0.25) is 0 Å². The van der Waals surface area contributed by atoms with Crippen molar-refractivity contribution in [3.8, 4) is 0 Å². The molecule has 0 unspecified atom stereocenters. The van der Waals surface area contributed by atoms with Gasteiger partial charge in [-0.2, -0.15) is 5.10 Å². The maximum atomic E-state index is 4.05. The fourth-order valence-corrected chi connectivity index (χ4v) is 1.70. The van der Waals surface area contributed by atoms with Crippen LogP contribution in [-0.4, -0.2) is 41.8 Å². The van der Waals surface area contributed by atoms with E-state index in [0.717, 1.165) is 24.0 Å². The van der Waals surface area contributed by atoms with Crippen molar-refractivity contribution in [2.24, 2.45) is 5.92 Å². The highest BCUT2D eigenvalue weighted by molar-refractivity contribution is 5.32. The number of likely N-dealkylation sites (tertiary alicyclic amines) is 1. The second kappa shape index (κ2) is 3.92. The molecule has 1 aromatic rings. The molecule has 2 rings (SSSR count). The highest BCUT2D eigenvalue weighted by Crippen LogP contribution is 2.13. The Morgan fingerprint density at radius 2 is 2.21 bits per heavy atom. The molecule has 14 heavy (non-hydrogen) atoms. The lowest BCUT2D eigenvalue weighted by Crippen LogP contribution is -2.46. The van der Waals surface area contributed by atoms with E-state index in [1.54, 1.807) is 0 Å². The van der Waals surface area contributed by atoms with Gasteiger partial charge in [0, 0.05) is 25.6 Å². The topological polar surface area (TPSA) is 41.0 Å². The summed E-state index contributed by atoms with van der Waals surface area (Å²) in [4.78, 5) is 2.31. The van der Waals surface area contributed by atoms with E-state index in [0.29, 0.717) is 0 Å². The number of nitrogens with one attached hydrogen (secondary N) is 1. The number of nitrogens with zero attached hydrogens (tertiary/aromatic N) is 3. The van der Waals surface area contributed by atoms with Gasteiger partial charge in [-0.1, -0.05) is 0 Å². The van der Waals surface area contributed by atoms with Crippen LogP contribution in [0.5, 0.6) is 0 Å². The van der Waals surface area contributed by atoms with Crippen LogP contribution in [0.15, 0.2) is 12.1 Å². The van der Waals surface area contributed by atoms with Crippen LogP contribution in [0.4, 0.5) is 5.82 Å². The highest BCUT2D eigenvalue weighted by Gasteiger charge is 2.22. The normalized spacial score (nSPS) is 17.9. The monoisotopic (exact) mass is 192 g/mol. The Balaban J connectivity index is 1.78. The van der Waals surface area contributed by atoms with Crippen molar-refractivity contribution >= 4 is 5.82 Å². The molecule has 0 radical (unpaired) electrons. The summed E-state index contributed by atoms with van der Waals surface area (Å²) in [6.45, 7) is 5.32. The van der Waals surface area contributed by atoms with Crippen molar-refractivity contribution in [3.63, 3.8) is 0 Å². The van der Waals surface area contributed by atoms with Gasteiger partial charge in [-0.3, -0.25) is 0 Å². The molecule has 1 saturated heterocycles. The minimum Gasteiger partial charge on any atom is -0.368 e. The van der Waals surface area contributed by atoms with Gasteiger partial charge in [-0.05, 0) is 26.1 Å². The number of aryl methyl sites for hydroxylation is 1. The largest absolute Gasteiger partial charge is 0.368 e. The van der Waals surface area contributed by atoms with Crippen molar-refractivity contribution in [3.05, 3.63) is 17.8 Å². The molecule has 2 heterocycles. The van der Waals surface area contributed by atoms with Gasteiger partial charge in [0.05, 0.1) is 5.69 Å². The van der Waals surface area contributed by atoms with Crippen molar-refractivity contribution < 1.29 is 0 Å². The van der Waals surface area contributed by atoms with Crippen LogP contribution in [0.1, 0.15) is 5.69 Å². The number of rotatable bonds is 3. The van der Waals surface area contributed by atoms with Gasteiger partial charge in [-0.15, -0.1) is 5.10 Å². The summed E-state index contributed by atoms with van der Waals surface area (Å²) in [5, 5.41) is 11.3. The van der Waals surface area contributed by atoms with E-state index in [2.05, 4.69) is 27.5 Å². The molecule has 0 saturated carbocycles. The van der Waals surface area contributed by atoms with Gasteiger partial charge >= 0.3 is 0 Å². The molecule has 1 N–H and O–H groups in total. The first-order chi connectivity index (χ1) is 6.74. The predicted octanol–water partition coefficient (Wildman–Crippen LogP) is 0.759. The molecule has 0 amide bonds.